The average molecular weight is 407 g/mol. The van der Waals surface area contributed by atoms with Crippen LogP contribution in [0.25, 0.3) is 0 Å². The molecule has 0 aromatic heterocycles. The van der Waals surface area contributed by atoms with Gasteiger partial charge in [-0.2, -0.15) is 10.1 Å². The molecule has 1 heterocycles. The van der Waals surface area contributed by atoms with Crippen molar-refractivity contribution in [2.75, 3.05) is 0 Å². The van der Waals surface area contributed by atoms with Gasteiger partial charge in [0, 0.05) is 16.1 Å². The van der Waals surface area contributed by atoms with Crippen LogP contribution in [0.1, 0.15) is 17.5 Å². The quantitative estimate of drug-likeness (QED) is 0.427. The first-order chi connectivity index (χ1) is 14.1. The highest BCUT2D eigenvalue weighted by molar-refractivity contribution is 6.31. The lowest BCUT2D eigenvalue weighted by Crippen LogP contribution is -2.28. The Balaban J connectivity index is 1.34. The molecule has 5 nitrogen and oxygen atoms in total. The van der Waals surface area contributed by atoms with Gasteiger partial charge in [-0.15, -0.1) is 0 Å². The first-order valence-corrected chi connectivity index (χ1v) is 10.1. The molecule has 4 atom stereocenters. The predicted molar refractivity (Wildman–Crippen MR) is 109 cm³/mol. The van der Waals surface area contributed by atoms with E-state index in [0.717, 1.165) is 17.0 Å². The van der Waals surface area contributed by atoms with Crippen molar-refractivity contribution in [2.45, 2.75) is 13.0 Å². The number of fused-ring (bicyclic) bond motifs is 5. The molecule has 2 fully saturated rings. The lowest BCUT2D eigenvalue weighted by atomic mass is 9.85. The molecule has 2 bridgehead atoms. The number of ether oxygens (including phenoxy) is 1. The maximum absolute atomic E-state index is 12.8. The maximum atomic E-state index is 12.8. The summed E-state index contributed by atoms with van der Waals surface area (Å²) < 4.78 is 5.92. The van der Waals surface area contributed by atoms with Crippen LogP contribution < -0.4 is 4.74 Å². The number of amides is 2. The number of benzene rings is 2. The molecule has 0 spiro atoms. The van der Waals surface area contributed by atoms with Crippen LogP contribution in [0.3, 0.4) is 0 Å². The van der Waals surface area contributed by atoms with Crippen molar-refractivity contribution in [1.29, 1.82) is 0 Å². The van der Waals surface area contributed by atoms with Gasteiger partial charge in [0.05, 0.1) is 18.1 Å². The summed E-state index contributed by atoms with van der Waals surface area (Å²) in [5, 5.41) is 5.93. The highest BCUT2D eigenvalue weighted by atomic mass is 35.5. The number of hydrogen-bond acceptors (Lipinski definition) is 4. The van der Waals surface area contributed by atoms with Gasteiger partial charge >= 0.3 is 0 Å². The van der Waals surface area contributed by atoms with Gasteiger partial charge in [0.1, 0.15) is 12.4 Å². The van der Waals surface area contributed by atoms with Gasteiger partial charge in [-0.25, -0.2) is 0 Å². The summed E-state index contributed by atoms with van der Waals surface area (Å²) >= 11 is 6.19. The average Bonchev–Trinajstić information content (AvgIpc) is 3.41. The van der Waals surface area contributed by atoms with Crippen molar-refractivity contribution in [3.8, 4) is 5.75 Å². The number of hydrogen-bond donors (Lipinski definition) is 0. The van der Waals surface area contributed by atoms with E-state index in [0.29, 0.717) is 22.9 Å². The molecule has 29 heavy (non-hydrogen) atoms. The van der Waals surface area contributed by atoms with Gasteiger partial charge in [0.15, 0.2) is 0 Å². The highest BCUT2D eigenvalue weighted by Crippen LogP contribution is 2.52. The minimum atomic E-state index is -0.249. The Kier molecular flexibility index (Phi) is 4.47. The maximum Gasteiger partial charge on any atom is 0.254 e. The molecule has 2 amide bonds. The molecule has 2 aromatic carbocycles. The van der Waals surface area contributed by atoms with Crippen LogP contribution in [0.2, 0.25) is 5.02 Å². The summed E-state index contributed by atoms with van der Waals surface area (Å²) in [5.74, 6) is 0.0749. The second-order valence-electron chi connectivity index (χ2n) is 7.65. The lowest BCUT2D eigenvalue weighted by molar-refractivity contribution is -0.140. The van der Waals surface area contributed by atoms with Crippen molar-refractivity contribution in [1.82, 2.24) is 5.01 Å². The van der Waals surface area contributed by atoms with Crippen LogP contribution in [0.5, 0.6) is 5.75 Å². The fourth-order valence-electron chi connectivity index (χ4n) is 4.61. The SMILES string of the molecule is O=C1[C@H]2[C@H](C(=O)N1/N=C\c1ccccc1OCc1ccccc1Cl)[C@H]1C=C[C@H]2C1. The Morgan fingerprint density at radius 3 is 2.38 bits per heavy atom. The Labute approximate surface area is 173 Å². The van der Waals surface area contributed by atoms with Crippen LogP contribution in [-0.2, 0) is 16.2 Å². The normalized spacial score (nSPS) is 27.3. The zero-order chi connectivity index (χ0) is 20.0. The molecule has 6 heteroatoms. The number of carbonyl (C=O) groups excluding carboxylic acids is 2. The molecule has 2 aliphatic carbocycles. The van der Waals surface area contributed by atoms with Crippen LogP contribution in [-0.4, -0.2) is 23.0 Å². The summed E-state index contributed by atoms with van der Waals surface area (Å²) in [6, 6.07) is 14.9. The number of imide groups is 1. The van der Waals surface area contributed by atoms with E-state index in [9.17, 15) is 9.59 Å². The topological polar surface area (TPSA) is 59.0 Å². The smallest absolute Gasteiger partial charge is 0.254 e. The Morgan fingerprint density at radius 2 is 1.66 bits per heavy atom. The standard InChI is InChI=1S/C23H19ClN2O3/c24-18-7-3-1-6-17(18)13-29-19-8-4-2-5-16(19)12-25-26-22(27)20-14-9-10-15(11-14)21(20)23(26)28/h1-10,12,14-15,20-21H,11,13H2/b25-12-/t14-,15-,20+,21+/m0/s1. The number of allylic oxidation sites excluding steroid dienone is 2. The van der Waals surface area contributed by atoms with Crippen molar-refractivity contribution in [3.05, 3.63) is 76.8 Å². The predicted octanol–water partition coefficient (Wildman–Crippen LogP) is 4.06. The highest BCUT2D eigenvalue weighted by Gasteiger charge is 2.59. The van der Waals surface area contributed by atoms with E-state index in [-0.39, 0.29) is 35.5 Å². The summed E-state index contributed by atoms with van der Waals surface area (Å²) in [5.41, 5.74) is 1.57. The van der Waals surface area contributed by atoms with E-state index in [4.69, 9.17) is 16.3 Å². The zero-order valence-corrected chi connectivity index (χ0v) is 16.3. The lowest BCUT2D eigenvalue weighted by Gasteiger charge is -2.13. The van der Waals surface area contributed by atoms with E-state index in [1.807, 2.05) is 48.5 Å². The number of nitrogens with zero attached hydrogens (tertiary/aromatic N) is 2. The molecule has 146 valence electrons. The van der Waals surface area contributed by atoms with Crippen molar-refractivity contribution >= 4 is 29.6 Å². The minimum absolute atomic E-state index is 0.174. The number of carbonyl (C=O) groups is 2. The molecule has 3 aliphatic rings. The number of hydrazone groups is 1. The first kappa shape index (κ1) is 18.1. The molecular formula is C23H19ClN2O3. The monoisotopic (exact) mass is 406 g/mol. The van der Waals surface area contributed by atoms with Gasteiger partial charge in [-0.1, -0.05) is 54.1 Å². The number of rotatable bonds is 5. The number of halogens is 1. The molecule has 1 saturated carbocycles. The minimum Gasteiger partial charge on any atom is -0.488 e. The fraction of sp³-hybridized carbons (Fsp3) is 0.261. The second kappa shape index (κ2) is 7.16. The molecule has 2 aromatic rings. The fourth-order valence-corrected chi connectivity index (χ4v) is 4.80. The van der Waals surface area contributed by atoms with Crippen LogP contribution >= 0.6 is 11.6 Å². The summed E-state index contributed by atoms with van der Waals surface area (Å²) in [7, 11) is 0. The zero-order valence-electron chi connectivity index (χ0n) is 15.6. The van der Waals surface area contributed by atoms with E-state index >= 15 is 0 Å². The van der Waals surface area contributed by atoms with Crippen LogP contribution in [0.4, 0.5) is 0 Å². The van der Waals surface area contributed by atoms with Crippen LogP contribution in [0, 0.1) is 23.7 Å². The molecule has 1 saturated heterocycles. The van der Waals surface area contributed by atoms with Gasteiger partial charge in [-0.05, 0) is 36.5 Å². The van der Waals surface area contributed by atoms with Gasteiger partial charge in [0.25, 0.3) is 11.8 Å². The van der Waals surface area contributed by atoms with E-state index < -0.39 is 0 Å². The second-order valence-corrected chi connectivity index (χ2v) is 8.06. The third-order valence-electron chi connectivity index (χ3n) is 6.02. The largest absolute Gasteiger partial charge is 0.488 e. The third kappa shape index (κ3) is 3.06. The van der Waals surface area contributed by atoms with E-state index in [1.165, 1.54) is 6.21 Å². The first-order valence-electron chi connectivity index (χ1n) is 9.69. The molecule has 0 unspecified atom stereocenters. The molecular weight excluding hydrogens is 388 g/mol. The Hall–Kier alpha value is -2.92. The summed E-state index contributed by atoms with van der Waals surface area (Å²) in [6.07, 6.45) is 6.57. The van der Waals surface area contributed by atoms with Crippen molar-refractivity contribution in [2.24, 2.45) is 28.8 Å². The van der Waals surface area contributed by atoms with Crippen molar-refractivity contribution in [3.63, 3.8) is 0 Å². The molecule has 0 radical (unpaired) electrons. The number of para-hydroxylation sites is 1. The molecule has 1 aliphatic heterocycles. The summed E-state index contributed by atoms with van der Waals surface area (Å²) in [4.78, 5) is 25.5. The van der Waals surface area contributed by atoms with Crippen molar-refractivity contribution < 1.29 is 14.3 Å². The van der Waals surface area contributed by atoms with Gasteiger partial charge in [-0.3, -0.25) is 9.59 Å². The van der Waals surface area contributed by atoms with E-state index in [2.05, 4.69) is 17.3 Å². The Morgan fingerprint density at radius 1 is 1.00 bits per heavy atom. The molecule has 5 rings (SSSR count). The summed E-state index contributed by atoms with van der Waals surface area (Å²) in [6.45, 7) is 0.311. The van der Waals surface area contributed by atoms with E-state index in [1.54, 1.807) is 0 Å². The molecule has 0 N–H and O–H groups in total. The van der Waals surface area contributed by atoms with Crippen LogP contribution in [0.15, 0.2) is 65.8 Å². The van der Waals surface area contributed by atoms with Gasteiger partial charge in [0.2, 0.25) is 0 Å². The Bertz CT molecular complexity index is 1020. The third-order valence-corrected chi connectivity index (χ3v) is 6.39. The van der Waals surface area contributed by atoms with Gasteiger partial charge < -0.3 is 4.74 Å².